The summed E-state index contributed by atoms with van der Waals surface area (Å²) in [5.74, 6) is -0.383. The maximum Gasteiger partial charge on any atom is 0.335 e. The van der Waals surface area contributed by atoms with Crippen molar-refractivity contribution in [3.63, 3.8) is 0 Å². The summed E-state index contributed by atoms with van der Waals surface area (Å²) in [4.78, 5) is 11.3. The van der Waals surface area contributed by atoms with E-state index in [4.69, 9.17) is 4.74 Å². The van der Waals surface area contributed by atoms with E-state index in [0.717, 1.165) is 24.0 Å². The molecule has 0 radical (unpaired) electrons. The number of carbonyl (C=O) groups is 1. The molecule has 0 aromatic heterocycles. The minimum Gasteiger partial charge on any atom is -0.490 e. The highest BCUT2D eigenvalue weighted by Gasteiger charge is 2.43. The Balaban J connectivity index is 1.48. The van der Waals surface area contributed by atoms with Gasteiger partial charge in [0.15, 0.2) is 0 Å². The SMILES string of the molecule is C[C@H](c1ccccc1)C(O)/C=C/[C@@H]1[C@H]2CCc3ccc(C(=O)O)cc3O[C@H]2C[C@H]1O. The van der Waals surface area contributed by atoms with Crippen molar-refractivity contribution < 1.29 is 24.9 Å². The topological polar surface area (TPSA) is 87.0 Å². The molecule has 1 fully saturated rings. The number of hydrogen-bond acceptors (Lipinski definition) is 4. The van der Waals surface area contributed by atoms with Crippen LogP contribution in [0.3, 0.4) is 0 Å². The molecule has 3 N–H and O–H groups in total. The largest absolute Gasteiger partial charge is 0.490 e. The molecule has 6 atom stereocenters. The zero-order valence-corrected chi connectivity index (χ0v) is 17.0. The molecular weight excluding hydrogens is 380 g/mol. The molecule has 2 aliphatic rings. The number of aliphatic hydroxyl groups is 2. The number of hydrogen-bond donors (Lipinski definition) is 3. The number of benzene rings is 2. The molecule has 1 aliphatic carbocycles. The predicted molar refractivity (Wildman–Crippen MR) is 114 cm³/mol. The maximum atomic E-state index is 11.3. The summed E-state index contributed by atoms with van der Waals surface area (Å²) in [6, 6.07) is 14.9. The molecule has 1 saturated carbocycles. The second-order valence-corrected chi connectivity index (χ2v) is 8.44. The minimum absolute atomic E-state index is 0.0409. The highest BCUT2D eigenvalue weighted by molar-refractivity contribution is 5.88. The van der Waals surface area contributed by atoms with Gasteiger partial charge in [-0.2, -0.15) is 0 Å². The third-order valence-corrected chi connectivity index (χ3v) is 6.60. The molecule has 5 heteroatoms. The van der Waals surface area contributed by atoms with Gasteiger partial charge in [-0.3, -0.25) is 0 Å². The smallest absolute Gasteiger partial charge is 0.335 e. The van der Waals surface area contributed by atoms with E-state index in [1.54, 1.807) is 18.2 Å². The maximum absolute atomic E-state index is 11.3. The molecule has 2 aromatic rings. The predicted octanol–water partition coefficient (Wildman–Crippen LogP) is 3.80. The first-order valence-electron chi connectivity index (χ1n) is 10.6. The van der Waals surface area contributed by atoms with E-state index in [2.05, 4.69) is 0 Å². The van der Waals surface area contributed by atoms with Crippen molar-refractivity contribution in [1.82, 2.24) is 0 Å². The normalized spacial score (nSPS) is 27.6. The third kappa shape index (κ3) is 4.13. The van der Waals surface area contributed by atoms with Crippen molar-refractivity contribution in [2.75, 3.05) is 0 Å². The van der Waals surface area contributed by atoms with Crippen LogP contribution < -0.4 is 4.74 Å². The van der Waals surface area contributed by atoms with Crippen molar-refractivity contribution in [2.45, 2.75) is 50.4 Å². The van der Waals surface area contributed by atoms with E-state index in [0.29, 0.717) is 12.2 Å². The first kappa shape index (κ1) is 20.6. The lowest BCUT2D eigenvalue weighted by atomic mass is 9.87. The Hall–Kier alpha value is -2.63. The fraction of sp³-hybridized carbons (Fsp3) is 0.400. The van der Waals surface area contributed by atoms with Gasteiger partial charge in [-0.1, -0.05) is 55.5 Å². The number of rotatable bonds is 5. The molecule has 4 rings (SSSR count). The second-order valence-electron chi connectivity index (χ2n) is 8.44. The molecule has 158 valence electrons. The van der Waals surface area contributed by atoms with Crippen LogP contribution in [0.5, 0.6) is 5.75 Å². The van der Waals surface area contributed by atoms with E-state index < -0.39 is 18.2 Å². The lowest BCUT2D eigenvalue weighted by molar-refractivity contribution is 0.0695. The molecule has 1 heterocycles. The Bertz CT molecular complexity index is 922. The molecular formula is C25H28O5. The van der Waals surface area contributed by atoms with Gasteiger partial charge in [0.25, 0.3) is 0 Å². The second kappa shape index (κ2) is 8.62. The Labute approximate surface area is 176 Å². The molecule has 1 aliphatic heterocycles. The van der Waals surface area contributed by atoms with E-state index in [9.17, 15) is 20.1 Å². The summed E-state index contributed by atoms with van der Waals surface area (Å²) in [6.45, 7) is 1.99. The molecule has 0 bridgehead atoms. The van der Waals surface area contributed by atoms with Crippen LogP contribution in [-0.4, -0.2) is 39.6 Å². The monoisotopic (exact) mass is 408 g/mol. The Morgan fingerprint density at radius 2 is 1.97 bits per heavy atom. The molecule has 2 aromatic carbocycles. The number of carboxylic acid groups (broad SMARTS) is 1. The summed E-state index contributed by atoms with van der Waals surface area (Å²) in [5, 5.41) is 30.6. The lowest BCUT2D eigenvalue weighted by Gasteiger charge is -2.22. The van der Waals surface area contributed by atoms with Gasteiger partial charge in [0.1, 0.15) is 11.9 Å². The van der Waals surface area contributed by atoms with Crippen LogP contribution in [0.1, 0.15) is 47.2 Å². The first-order valence-corrected chi connectivity index (χ1v) is 10.6. The van der Waals surface area contributed by atoms with Gasteiger partial charge >= 0.3 is 5.97 Å². The standard InChI is InChI=1S/C25H28O5/c1-15(16-5-3-2-4-6-16)21(26)12-11-19-20-10-9-17-7-8-18(25(28)29)13-23(17)30-24(20)14-22(19)27/h2-8,11-13,15,19-22,24,26-27H,9-10,14H2,1H3,(H,28,29)/b12-11+/t15-,19-,20-,21?,22-,24+/m1/s1. The third-order valence-electron chi connectivity index (χ3n) is 6.60. The minimum atomic E-state index is -0.976. The van der Waals surface area contributed by atoms with Crippen molar-refractivity contribution >= 4 is 5.97 Å². The highest BCUT2D eigenvalue weighted by atomic mass is 16.5. The van der Waals surface area contributed by atoms with Crippen LogP contribution in [-0.2, 0) is 6.42 Å². The zero-order chi connectivity index (χ0) is 21.3. The van der Waals surface area contributed by atoms with Crippen molar-refractivity contribution in [3.8, 4) is 5.75 Å². The number of ether oxygens (including phenoxy) is 1. The van der Waals surface area contributed by atoms with Gasteiger partial charge in [0.2, 0.25) is 0 Å². The number of aromatic carboxylic acids is 1. The van der Waals surface area contributed by atoms with Gasteiger partial charge in [-0.05, 0) is 36.1 Å². The average molecular weight is 408 g/mol. The number of aryl methyl sites for hydroxylation is 1. The average Bonchev–Trinajstić information content (AvgIpc) is 2.92. The zero-order valence-electron chi connectivity index (χ0n) is 17.0. The van der Waals surface area contributed by atoms with Crippen LogP contribution in [0.4, 0.5) is 0 Å². The molecule has 0 amide bonds. The fourth-order valence-corrected chi connectivity index (χ4v) is 4.74. The molecule has 1 unspecified atom stereocenters. The molecule has 0 saturated heterocycles. The van der Waals surface area contributed by atoms with Crippen LogP contribution in [0, 0.1) is 11.8 Å². The van der Waals surface area contributed by atoms with Crippen molar-refractivity contribution in [2.24, 2.45) is 11.8 Å². The number of carboxylic acids is 1. The fourth-order valence-electron chi connectivity index (χ4n) is 4.74. The Morgan fingerprint density at radius 1 is 1.20 bits per heavy atom. The van der Waals surface area contributed by atoms with Gasteiger partial charge < -0.3 is 20.1 Å². The van der Waals surface area contributed by atoms with E-state index >= 15 is 0 Å². The van der Waals surface area contributed by atoms with Crippen molar-refractivity contribution in [1.29, 1.82) is 0 Å². The van der Waals surface area contributed by atoms with E-state index in [1.165, 1.54) is 0 Å². The molecule has 5 nitrogen and oxygen atoms in total. The molecule has 30 heavy (non-hydrogen) atoms. The van der Waals surface area contributed by atoms with Crippen LogP contribution in [0.2, 0.25) is 0 Å². The van der Waals surface area contributed by atoms with Crippen molar-refractivity contribution in [3.05, 3.63) is 77.4 Å². The van der Waals surface area contributed by atoms with Gasteiger partial charge in [-0.15, -0.1) is 0 Å². The summed E-state index contributed by atoms with van der Waals surface area (Å²) < 4.78 is 6.18. The number of fused-ring (bicyclic) bond motifs is 2. The van der Waals surface area contributed by atoms with E-state index in [-0.39, 0.29) is 29.4 Å². The van der Waals surface area contributed by atoms with Gasteiger partial charge in [-0.25, -0.2) is 4.79 Å². The highest BCUT2D eigenvalue weighted by Crippen LogP contribution is 2.42. The van der Waals surface area contributed by atoms with Crippen LogP contribution in [0.25, 0.3) is 0 Å². The van der Waals surface area contributed by atoms with Gasteiger partial charge in [0, 0.05) is 24.2 Å². The summed E-state index contributed by atoms with van der Waals surface area (Å²) in [5.41, 5.74) is 2.28. The Kier molecular flexibility index (Phi) is 5.93. The first-order chi connectivity index (χ1) is 14.4. The summed E-state index contributed by atoms with van der Waals surface area (Å²) in [7, 11) is 0. The van der Waals surface area contributed by atoms with Crippen LogP contribution >= 0.6 is 0 Å². The number of aliphatic hydroxyl groups excluding tert-OH is 2. The van der Waals surface area contributed by atoms with Gasteiger partial charge in [0.05, 0.1) is 17.8 Å². The summed E-state index contributed by atoms with van der Waals surface area (Å²) >= 11 is 0. The molecule has 0 spiro atoms. The lowest BCUT2D eigenvalue weighted by Crippen LogP contribution is -2.24. The van der Waals surface area contributed by atoms with Crippen LogP contribution in [0.15, 0.2) is 60.7 Å². The quantitative estimate of drug-likeness (QED) is 0.655. The summed E-state index contributed by atoms with van der Waals surface area (Å²) in [6.07, 6.45) is 4.53. The van der Waals surface area contributed by atoms with E-state index in [1.807, 2.05) is 49.4 Å². The Morgan fingerprint density at radius 3 is 2.70 bits per heavy atom.